The second kappa shape index (κ2) is 13.4. The number of furan rings is 1. The van der Waals surface area contributed by atoms with Crippen molar-refractivity contribution in [3.05, 3.63) is 207 Å². The molecule has 0 spiro atoms. The zero-order chi connectivity index (χ0) is 35.8. The van der Waals surface area contributed by atoms with Crippen LogP contribution in [0.1, 0.15) is 0 Å². The molecule has 54 heavy (non-hydrogen) atoms. The monoisotopic (exact) mass is 690 g/mol. The Morgan fingerprint density at radius 1 is 0.370 bits per heavy atom. The fourth-order valence-electron chi connectivity index (χ4n) is 7.54. The van der Waals surface area contributed by atoms with Gasteiger partial charge in [-0.3, -0.25) is 4.98 Å². The second-order valence-electron chi connectivity index (χ2n) is 13.7. The zero-order valence-corrected chi connectivity index (χ0v) is 29.4. The molecule has 0 amide bonds. The van der Waals surface area contributed by atoms with Crippen molar-refractivity contribution in [1.29, 1.82) is 0 Å². The number of aromatic nitrogens is 1. The zero-order valence-electron chi connectivity index (χ0n) is 29.4. The number of nitrogens with zero attached hydrogens (tertiary/aromatic N) is 2. The molecule has 0 aliphatic rings. The number of hydrogen-bond acceptors (Lipinski definition) is 3. The molecule has 254 valence electrons. The van der Waals surface area contributed by atoms with Crippen molar-refractivity contribution >= 4 is 49.6 Å². The van der Waals surface area contributed by atoms with Gasteiger partial charge in [-0.2, -0.15) is 0 Å². The molecule has 2 heterocycles. The van der Waals surface area contributed by atoms with Crippen molar-refractivity contribution in [2.45, 2.75) is 0 Å². The van der Waals surface area contributed by atoms with Crippen LogP contribution in [-0.2, 0) is 0 Å². The Hall–Kier alpha value is -7.23. The predicted molar refractivity (Wildman–Crippen MR) is 225 cm³/mol. The summed E-state index contributed by atoms with van der Waals surface area (Å²) in [6.45, 7) is 0. The van der Waals surface area contributed by atoms with E-state index in [1.807, 2.05) is 18.5 Å². The Morgan fingerprint density at radius 3 is 1.28 bits per heavy atom. The summed E-state index contributed by atoms with van der Waals surface area (Å²) in [6, 6.07) is 67.7. The van der Waals surface area contributed by atoms with Crippen molar-refractivity contribution in [2.75, 3.05) is 4.90 Å². The number of hydrogen-bond donors (Lipinski definition) is 0. The van der Waals surface area contributed by atoms with Gasteiger partial charge >= 0.3 is 0 Å². The SMILES string of the molecule is c1ccc2cc(-c3ccc(-c4ccc(N(c5ccc(-c6ccc7ccccc7c6)cc5)c5ccc(-c6coc7cnccc67)cc5)cc4)cc3)ccc2c1. The third-order valence-electron chi connectivity index (χ3n) is 10.4. The molecule has 2 aromatic heterocycles. The first-order valence-electron chi connectivity index (χ1n) is 18.2. The summed E-state index contributed by atoms with van der Waals surface area (Å²) in [6.07, 6.45) is 5.39. The summed E-state index contributed by atoms with van der Waals surface area (Å²) in [5, 5.41) is 6.06. The summed E-state index contributed by atoms with van der Waals surface area (Å²) < 4.78 is 5.81. The van der Waals surface area contributed by atoms with Crippen LogP contribution < -0.4 is 4.90 Å². The highest BCUT2D eigenvalue weighted by Crippen LogP contribution is 2.39. The Morgan fingerprint density at radius 2 is 0.778 bits per heavy atom. The molecule has 8 aromatic carbocycles. The normalized spacial score (nSPS) is 11.3. The third kappa shape index (κ3) is 5.88. The molecule has 0 saturated carbocycles. The lowest BCUT2D eigenvalue weighted by Gasteiger charge is -2.26. The van der Waals surface area contributed by atoms with Crippen LogP contribution in [0.5, 0.6) is 0 Å². The van der Waals surface area contributed by atoms with Crippen LogP contribution in [0.25, 0.3) is 77.0 Å². The van der Waals surface area contributed by atoms with Gasteiger partial charge in [-0.1, -0.05) is 133 Å². The fraction of sp³-hybridized carbons (Fsp3) is 0. The molecule has 0 aliphatic carbocycles. The predicted octanol–water partition coefficient (Wildman–Crippen LogP) is 14.3. The molecule has 10 aromatic rings. The molecule has 0 bridgehead atoms. The highest BCUT2D eigenvalue weighted by Gasteiger charge is 2.15. The molecular formula is C51H34N2O. The van der Waals surface area contributed by atoms with E-state index < -0.39 is 0 Å². The van der Waals surface area contributed by atoms with Crippen LogP contribution in [0.2, 0.25) is 0 Å². The lowest BCUT2D eigenvalue weighted by molar-refractivity contribution is 0.615. The average molecular weight is 691 g/mol. The number of rotatable bonds is 7. The maximum atomic E-state index is 5.81. The standard InChI is InChI=1S/C51H34N2O/c1-3-7-42-31-44(15-13-35(42)5-1)39-11-9-37(10-12-39)38-17-23-46(24-18-38)53(48-27-21-41(22-28-48)50-34-54-51-33-52-30-29-49(50)51)47-25-19-40(20-26-47)45-16-14-36-6-2-4-8-43(36)32-45/h1-34H. The Labute approximate surface area is 314 Å². The molecule has 0 fully saturated rings. The summed E-state index contributed by atoms with van der Waals surface area (Å²) in [5.74, 6) is 0. The van der Waals surface area contributed by atoms with E-state index in [0.717, 1.165) is 39.2 Å². The van der Waals surface area contributed by atoms with Gasteiger partial charge in [0, 0.05) is 34.2 Å². The van der Waals surface area contributed by atoms with E-state index in [1.54, 1.807) is 6.20 Å². The Balaban J connectivity index is 0.981. The lowest BCUT2D eigenvalue weighted by Crippen LogP contribution is -2.09. The van der Waals surface area contributed by atoms with Gasteiger partial charge in [-0.05, 0) is 115 Å². The van der Waals surface area contributed by atoms with Crippen LogP contribution >= 0.6 is 0 Å². The third-order valence-corrected chi connectivity index (χ3v) is 10.4. The highest BCUT2D eigenvalue weighted by molar-refractivity contribution is 5.94. The first-order valence-corrected chi connectivity index (χ1v) is 18.2. The van der Waals surface area contributed by atoms with Gasteiger partial charge in [0.05, 0.1) is 12.5 Å². The minimum absolute atomic E-state index is 0.785. The van der Waals surface area contributed by atoms with E-state index in [4.69, 9.17) is 4.42 Å². The van der Waals surface area contributed by atoms with E-state index >= 15 is 0 Å². The first kappa shape index (κ1) is 31.5. The van der Waals surface area contributed by atoms with Crippen LogP contribution in [0.15, 0.2) is 211 Å². The van der Waals surface area contributed by atoms with Gasteiger partial charge < -0.3 is 9.32 Å². The number of benzene rings is 8. The molecule has 0 unspecified atom stereocenters. The lowest BCUT2D eigenvalue weighted by atomic mass is 9.98. The van der Waals surface area contributed by atoms with Crippen molar-refractivity contribution in [3.63, 3.8) is 0 Å². The van der Waals surface area contributed by atoms with Gasteiger partial charge in [0.1, 0.15) is 0 Å². The van der Waals surface area contributed by atoms with Gasteiger partial charge in [-0.25, -0.2) is 0 Å². The molecular weight excluding hydrogens is 657 g/mol. The minimum atomic E-state index is 0.785. The average Bonchev–Trinajstić information content (AvgIpc) is 3.69. The maximum absolute atomic E-state index is 5.81. The van der Waals surface area contributed by atoms with E-state index in [1.165, 1.54) is 54.9 Å². The smallest absolute Gasteiger partial charge is 0.152 e. The van der Waals surface area contributed by atoms with E-state index in [2.05, 4.69) is 192 Å². The molecule has 0 radical (unpaired) electrons. The molecule has 3 nitrogen and oxygen atoms in total. The number of fused-ring (bicyclic) bond motifs is 3. The van der Waals surface area contributed by atoms with Crippen molar-refractivity contribution < 1.29 is 4.42 Å². The largest absolute Gasteiger partial charge is 0.462 e. The Kier molecular flexibility index (Phi) is 7.81. The quantitative estimate of drug-likeness (QED) is 0.167. The van der Waals surface area contributed by atoms with Crippen molar-refractivity contribution in [3.8, 4) is 44.5 Å². The summed E-state index contributed by atoms with van der Waals surface area (Å²) in [7, 11) is 0. The van der Waals surface area contributed by atoms with Crippen LogP contribution in [0, 0.1) is 0 Å². The molecule has 0 N–H and O–H groups in total. The molecule has 3 heteroatoms. The highest BCUT2D eigenvalue weighted by atomic mass is 16.3. The summed E-state index contributed by atoms with van der Waals surface area (Å²) in [4.78, 5) is 6.53. The number of pyridine rings is 1. The van der Waals surface area contributed by atoms with Gasteiger partial charge in [0.2, 0.25) is 0 Å². The fourth-order valence-corrected chi connectivity index (χ4v) is 7.54. The Bertz CT molecular complexity index is 2910. The minimum Gasteiger partial charge on any atom is -0.462 e. The van der Waals surface area contributed by atoms with Gasteiger partial charge in [0.15, 0.2) is 5.58 Å². The summed E-state index contributed by atoms with van der Waals surface area (Å²) >= 11 is 0. The van der Waals surface area contributed by atoms with E-state index in [0.29, 0.717) is 0 Å². The summed E-state index contributed by atoms with van der Waals surface area (Å²) in [5.41, 5.74) is 13.3. The van der Waals surface area contributed by atoms with E-state index in [9.17, 15) is 0 Å². The molecule has 10 rings (SSSR count). The second-order valence-corrected chi connectivity index (χ2v) is 13.7. The maximum Gasteiger partial charge on any atom is 0.152 e. The van der Waals surface area contributed by atoms with Crippen LogP contribution in [0.3, 0.4) is 0 Å². The topological polar surface area (TPSA) is 29.3 Å². The van der Waals surface area contributed by atoms with Crippen LogP contribution in [0.4, 0.5) is 17.1 Å². The van der Waals surface area contributed by atoms with E-state index in [-0.39, 0.29) is 0 Å². The van der Waals surface area contributed by atoms with Crippen molar-refractivity contribution in [2.24, 2.45) is 0 Å². The molecule has 0 saturated heterocycles. The first-order chi connectivity index (χ1) is 26.7. The van der Waals surface area contributed by atoms with Crippen molar-refractivity contribution in [1.82, 2.24) is 4.98 Å². The van der Waals surface area contributed by atoms with Gasteiger partial charge in [-0.15, -0.1) is 0 Å². The molecule has 0 atom stereocenters. The number of anilines is 3. The molecule has 0 aliphatic heterocycles. The van der Waals surface area contributed by atoms with Gasteiger partial charge in [0.25, 0.3) is 0 Å². The van der Waals surface area contributed by atoms with Crippen LogP contribution in [-0.4, -0.2) is 4.98 Å².